The van der Waals surface area contributed by atoms with Gasteiger partial charge in [-0.05, 0) is 31.7 Å². The molecule has 182 valence electrons. The Kier molecular flexibility index (Phi) is 4.76. The summed E-state index contributed by atoms with van der Waals surface area (Å²) >= 11 is 0. The van der Waals surface area contributed by atoms with Crippen molar-refractivity contribution in [3.63, 3.8) is 0 Å². The summed E-state index contributed by atoms with van der Waals surface area (Å²) in [6, 6.07) is -0.120. The fourth-order valence-corrected chi connectivity index (χ4v) is 10.7. The van der Waals surface area contributed by atoms with Crippen LogP contribution in [-0.2, 0) is 14.2 Å². The predicted molar refractivity (Wildman–Crippen MR) is 114 cm³/mol. The Morgan fingerprint density at radius 3 is 2.38 bits per heavy atom. The van der Waals surface area contributed by atoms with Gasteiger partial charge in [-0.15, -0.1) is 0 Å². The van der Waals surface area contributed by atoms with Crippen LogP contribution in [0.4, 0.5) is 0 Å². The number of nitrogens with zero attached hydrogens (tertiary/aromatic N) is 1. The van der Waals surface area contributed by atoms with Gasteiger partial charge in [0.1, 0.15) is 11.7 Å². The highest BCUT2D eigenvalue weighted by Gasteiger charge is 2.87. The fourth-order valence-electron chi connectivity index (χ4n) is 10.7. The van der Waals surface area contributed by atoms with Crippen LogP contribution >= 0.6 is 0 Å². The highest BCUT2D eigenvalue weighted by molar-refractivity contribution is 5.36. The molecule has 8 nitrogen and oxygen atoms in total. The molecule has 1 saturated heterocycles. The van der Waals surface area contributed by atoms with Gasteiger partial charge in [-0.3, -0.25) is 4.90 Å². The maximum atomic E-state index is 12.5. The van der Waals surface area contributed by atoms with Crippen LogP contribution in [0.25, 0.3) is 0 Å². The molecule has 8 heteroatoms. The van der Waals surface area contributed by atoms with Gasteiger partial charge in [0.25, 0.3) is 0 Å². The number of hydrogen-bond acceptors (Lipinski definition) is 8. The summed E-state index contributed by atoms with van der Waals surface area (Å²) < 4.78 is 17.7. The van der Waals surface area contributed by atoms with E-state index in [2.05, 4.69) is 11.8 Å². The zero-order chi connectivity index (χ0) is 22.8. The van der Waals surface area contributed by atoms with Crippen LogP contribution in [0.2, 0.25) is 0 Å². The smallest absolute Gasteiger partial charge is 0.110 e. The number of aliphatic hydroxyl groups excluding tert-OH is 3. The molecule has 1 aliphatic heterocycles. The Balaban J connectivity index is 1.64. The molecule has 6 aliphatic rings. The van der Waals surface area contributed by atoms with Gasteiger partial charge in [-0.2, -0.15) is 0 Å². The lowest BCUT2D eigenvalue weighted by Crippen LogP contribution is -2.78. The molecule has 1 unspecified atom stereocenters. The number of likely N-dealkylation sites (tertiary alicyclic amines) is 1. The minimum atomic E-state index is -1.54. The van der Waals surface area contributed by atoms with Crippen molar-refractivity contribution in [2.24, 2.45) is 40.4 Å². The third-order valence-corrected chi connectivity index (χ3v) is 11.2. The summed E-state index contributed by atoms with van der Waals surface area (Å²) in [5.74, 6) is -1.29. The summed E-state index contributed by atoms with van der Waals surface area (Å²) in [4.78, 5) is 2.42. The molecular formula is C24H39NO7. The average Bonchev–Trinajstić information content (AvgIpc) is 3.19. The van der Waals surface area contributed by atoms with E-state index in [9.17, 15) is 20.4 Å². The van der Waals surface area contributed by atoms with Crippen molar-refractivity contribution in [1.29, 1.82) is 0 Å². The highest BCUT2D eigenvalue weighted by Crippen LogP contribution is 2.79. The van der Waals surface area contributed by atoms with Gasteiger partial charge in [-0.25, -0.2) is 0 Å². The fraction of sp³-hybridized carbons (Fsp3) is 1.00. The number of piperidine rings is 1. The lowest BCUT2D eigenvalue weighted by atomic mass is 9.43. The van der Waals surface area contributed by atoms with Crippen LogP contribution in [-0.4, -0.2) is 109 Å². The first-order chi connectivity index (χ1) is 15.3. The second-order valence-corrected chi connectivity index (χ2v) is 11.6. The van der Waals surface area contributed by atoms with Crippen LogP contribution < -0.4 is 0 Å². The van der Waals surface area contributed by atoms with Crippen LogP contribution in [0, 0.1) is 40.4 Å². The zero-order valence-corrected chi connectivity index (χ0v) is 19.6. The summed E-state index contributed by atoms with van der Waals surface area (Å²) in [6.07, 6.45) is -1.22. The van der Waals surface area contributed by atoms with E-state index >= 15 is 0 Å². The average molecular weight is 454 g/mol. The van der Waals surface area contributed by atoms with Gasteiger partial charge >= 0.3 is 0 Å². The predicted octanol–water partition coefficient (Wildman–Crippen LogP) is -0.527. The van der Waals surface area contributed by atoms with Crippen molar-refractivity contribution in [2.45, 2.75) is 68.3 Å². The molecule has 7 bridgehead atoms. The van der Waals surface area contributed by atoms with Crippen molar-refractivity contribution >= 4 is 0 Å². The lowest BCUT2D eigenvalue weighted by Gasteiger charge is -2.69. The van der Waals surface area contributed by atoms with Gasteiger partial charge in [-0.1, -0.05) is 6.92 Å². The number of aliphatic hydroxyl groups is 4. The van der Waals surface area contributed by atoms with E-state index in [0.717, 1.165) is 19.5 Å². The van der Waals surface area contributed by atoms with Crippen LogP contribution in [0.5, 0.6) is 0 Å². The number of hydrogen-bond donors (Lipinski definition) is 4. The maximum absolute atomic E-state index is 12.5. The molecule has 0 aromatic carbocycles. The van der Waals surface area contributed by atoms with Crippen molar-refractivity contribution in [1.82, 2.24) is 4.90 Å². The largest absolute Gasteiger partial charge is 0.392 e. The Hall–Kier alpha value is -0.320. The standard InChI is InChI=1S/C24H39NO7/c1-5-25-9-22(10-30-2)7-6-13(26)23-12-8-11-16(27)14(12)24(29,21(28)17(11)31-3)15(20(23)25)18(32-4)19(22)23/h11-21,26-29H,5-10H2,1-4H3/t11-,12+,13+,14-,15+,16+,17-,18+,19+,20?,21-,22-,23-,24+/m0/s1. The zero-order valence-electron chi connectivity index (χ0n) is 19.6. The minimum Gasteiger partial charge on any atom is -0.392 e. The van der Waals surface area contributed by atoms with E-state index in [1.165, 1.54) is 0 Å². The van der Waals surface area contributed by atoms with Crippen molar-refractivity contribution in [3.8, 4) is 0 Å². The van der Waals surface area contributed by atoms with E-state index in [1.54, 1.807) is 21.3 Å². The second-order valence-electron chi connectivity index (χ2n) is 11.6. The molecule has 1 heterocycles. The van der Waals surface area contributed by atoms with Gasteiger partial charge in [0.05, 0.1) is 31.0 Å². The molecule has 32 heavy (non-hydrogen) atoms. The first-order valence-corrected chi connectivity index (χ1v) is 12.3. The quantitative estimate of drug-likeness (QED) is 0.440. The van der Waals surface area contributed by atoms with E-state index in [-0.39, 0.29) is 35.3 Å². The van der Waals surface area contributed by atoms with Crippen molar-refractivity contribution in [2.75, 3.05) is 41.0 Å². The summed E-state index contributed by atoms with van der Waals surface area (Å²) in [7, 11) is 4.98. The van der Waals surface area contributed by atoms with Crippen LogP contribution in [0.3, 0.4) is 0 Å². The van der Waals surface area contributed by atoms with Crippen LogP contribution in [0.15, 0.2) is 0 Å². The monoisotopic (exact) mass is 453 g/mol. The third-order valence-electron chi connectivity index (χ3n) is 11.2. The Bertz CT molecular complexity index is 783. The molecule has 4 N–H and O–H groups in total. The Labute approximate surface area is 189 Å². The molecule has 5 aliphatic carbocycles. The van der Waals surface area contributed by atoms with Crippen LogP contribution in [0.1, 0.15) is 26.2 Å². The normalized spacial score (nSPS) is 62.4. The van der Waals surface area contributed by atoms with Gasteiger partial charge in [0.15, 0.2) is 0 Å². The molecule has 6 rings (SSSR count). The van der Waals surface area contributed by atoms with Gasteiger partial charge in [0.2, 0.25) is 0 Å². The molecule has 0 aromatic heterocycles. The Morgan fingerprint density at radius 2 is 1.75 bits per heavy atom. The number of rotatable bonds is 5. The summed E-state index contributed by atoms with van der Waals surface area (Å²) in [5.41, 5.74) is -2.24. The van der Waals surface area contributed by atoms with Gasteiger partial charge in [0, 0.05) is 68.4 Å². The maximum Gasteiger partial charge on any atom is 0.110 e. The second kappa shape index (κ2) is 6.88. The van der Waals surface area contributed by atoms with E-state index in [1.807, 2.05) is 0 Å². The lowest BCUT2D eigenvalue weighted by molar-refractivity contribution is -0.297. The summed E-state index contributed by atoms with van der Waals surface area (Å²) in [5, 5.41) is 47.3. The molecule has 14 atom stereocenters. The molecule has 1 spiro atoms. The molecular weight excluding hydrogens is 414 g/mol. The van der Waals surface area contributed by atoms with Gasteiger partial charge < -0.3 is 34.6 Å². The number of ether oxygens (including phenoxy) is 3. The number of fused-ring (bicyclic) bond motifs is 2. The molecule has 0 amide bonds. The molecule has 0 aromatic rings. The molecule has 5 saturated carbocycles. The van der Waals surface area contributed by atoms with Crippen molar-refractivity contribution in [3.05, 3.63) is 0 Å². The Morgan fingerprint density at radius 1 is 1.03 bits per heavy atom. The SMILES string of the molecule is CCN1C[C@]2(COC)CC[C@@H](O)[C@]34C1[C@@H]([C@@H](OC)[C@H]23)[C@]1(O)[C@@H]2[C@H](O)[C@H](C[C@H]24)[C@H](OC)[C@@H]1O. The first-order valence-electron chi connectivity index (χ1n) is 12.3. The summed E-state index contributed by atoms with van der Waals surface area (Å²) in [6.45, 7) is 4.33. The van der Waals surface area contributed by atoms with Crippen molar-refractivity contribution < 1.29 is 34.6 Å². The highest BCUT2D eigenvalue weighted by atomic mass is 16.5. The third kappa shape index (κ3) is 2.07. The van der Waals surface area contributed by atoms with E-state index in [4.69, 9.17) is 14.2 Å². The topological polar surface area (TPSA) is 112 Å². The van der Waals surface area contributed by atoms with E-state index < -0.39 is 47.3 Å². The first kappa shape index (κ1) is 22.2. The molecule has 6 fully saturated rings. The molecule has 0 radical (unpaired) electrons. The number of methoxy groups -OCH3 is 3. The minimum absolute atomic E-state index is 0.000250. The van der Waals surface area contributed by atoms with E-state index in [0.29, 0.717) is 19.4 Å².